The summed E-state index contributed by atoms with van der Waals surface area (Å²) in [6, 6.07) is 7.12. The molecule has 0 bridgehead atoms. The summed E-state index contributed by atoms with van der Waals surface area (Å²) < 4.78 is 0. The van der Waals surface area contributed by atoms with Crippen molar-refractivity contribution in [2.45, 2.75) is 38.1 Å². The number of hydrogen-bond acceptors (Lipinski definition) is 3. The van der Waals surface area contributed by atoms with Crippen LogP contribution < -0.4 is 10.6 Å². The molecule has 1 unspecified atom stereocenters. The van der Waals surface area contributed by atoms with Crippen LogP contribution in [0.25, 0.3) is 0 Å². The number of anilines is 1. The Morgan fingerprint density at radius 3 is 2.90 bits per heavy atom. The number of carbonyl (C=O) groups is 2. The van der Waals surface area contributed by atoms with Crippen molar-refractivity contribution < 1.29 is 14.7 Å². The molecule has 2 rings (SSSR count). The Morgan fingerprint density at radius 2 is 2.20 bits per heavy atom. The molecule has 1 aromatic carbocycles. The van der Waals surface area contributed by atoms with Gasteiger partial charge in [-0.2, -0.15) is 0 Å². The molecule has 0 radical (unpaired) electrons. The molecule has 108 valence electrons. The van der Waals surface area contributed by atoms with Crippen molar-refractivity contribution in [2.24, 2.45) is 0 Å². The maximum Gasteiger partial charge on any atom is 0.326 e. The number of hydrogen-bond donors (Lipinski definition) is 3. The first kappa shape index (κ1) is 14.4. The van der Waals surface area contributed by atoms with E-state index in [-0.39, 0.29) is 11.8 Å². The minimum Gasteiger partial charge on any atom is -0.480 e. The van der Waals surface area contributed by atoms with Gasteiger partial charge in [-0.3, -0.25) is 4.79 Å². The average molecular weight is 276 g/mol. The largest absolute Gasteiger partial charge is 0.480 e. The summed E-state index contributed by atoms with van der Waals surface area (Å²) >= 11 is 0. The highest BCUT2D eigenvalue weighted by Gasteiger charge is 2.26. The standard InChI is InChI=1S/C15H20N2O3/c1-2-5-13(15(19)20)17-14(18)8-10-9-16-12-7-4-3-6-11(10)12/h3-4,6-7,10,13,16H,2,5,8-9H2,1H3,(H,17,18)(H,19,20)/t10?,13-/m0/s1. The zero-order valence-corrected chi connectivity index (χ0v) is 11.6. The third kappa shape index (κ3) is 3.29. The molecule has 0 saturated carbocycles. The van der Waals surface area contributed by atoms with Crippen LogP contribution in [0.4, 0.5) is 5.69 Å². The predicted octanol–water partition coefficient (Wildman–Crippen LogP) is 1.96. The number of benzene rings is 1. The van der Waals surface area contributed by atoms with Crippen LogP contribution in [0.5, 0.6) is 0 Å². The Kier molecular flexibility index (Phi) is 4.61. The normalized spacial score (nSPS) is 17.9. The number of para-hydroxylation sites is 1. The molecular weight excluding hydrogens is 256 g/mol. The van der Waals surface area contributed by atoms with Crippen molar-refractivity contribution in [3.05, 3.63) is 29.8 Å². The van der Waals surface area contributed by atoms with Crippen molar-refractivity contribution in [3.8, 4) is 0 Å². The zero-order chi connectivity index (χ0) is 14.5. The van der Waals surface area contributed by atoms with Gasteiger partial charge in [-0.15, -0.1) is 0 Å². The van der Waals surface area contributed by atoms with E-state index in [1.807, 2.05) is 31.2 Å². The highest BCUT2D eigenvalue weighted by Crippen LogP contribution is 2.33. The first-order valence-electron chi connectivity index (χ1n) is 6.96. The van der Waals surface area contributed by atoms with Crippen molar-refractivity contribution in [1.29, 1.82) is 0 Å². The fourth-order valence-electron chi connectivity index (χ4n) is 2.56. The van der Waals surface area contributed by atoms with Gasteiger partial charge in [0.2, 0.25) is 5.91 Å². The van der Waals surface area contributed by atoms with E-state index in [2.05, 4.69) is 10.6 Å². The molecule has 0 fully saturated rings. The van der Waals surface area contributed by atoms with Crippen molar-refractivity contribution in [3.63, 3.8) is 0 Å². The fourth-order valence-corrected chi connectivity index (χ4v) is 2.56. The lowest BCUT2D eigenvalue weighted by molar-refractivity contribution is -0.142. The summed E-state index contributed by atoms with van der Waals surface area (Å²) in [5.41, 5.74) is 2.19. The topological polar surface area (TPSA) is 78.4 Å². The lowest BCUT2D eigenvalue weighted by atomic mass is 9.97. The van der Waals surface area contributed by atoms with Crippen molar-refractivity contribution in [1.82, 2.24) is 5.32 Å². The first-order chi connectivity index (χ1) is 9.61. The molecule has 0 aliphatic carbocycles. The van der Waals surface area contributed by atoms with Crippen molar-refractivity contribution >= 4 is 17.6 Å². The Morgan fingerprint density at radius 1 is 1.45 bits per heavy atom. The van der Waals surface area contributed by atoms with Crippen molar-refractivity contribution in [2.75, 3.05) is 11.9 Å². The van der Waals surface area contributed by atoms with Gasteiger partial charge in [0, 0.05) is 24.6 Å². The number of amides is 1. The van der Waals surface area contributed by atoms with Gasteiger partial charge in [0.05, 0.1) is 0 Å². The van der Waals surface area contributed by atoms with Crippen LogP contribution in [0, 0.1) is 0 Å². The number of carboxylic acids is 1. The molecule has 2 atom stereocenters. The highest BCUT2D eigenvalue weighted by molar-refractivity contribution is 5.84. The van der Waals surface area contributed by atoms with Gasteiger partial charge in [-0.1, -0.05) is 31.5 Å². The molecule has 20 heavy (non-hydrogen) atoms. The summed E-state index contributed by atoms with van der Waals surface area (Å²) in [5.74, 6) is -1.05. The molecule has 1 aliphatic heterocycles. The molecule has 3 N–H and O–H groups in total. The Bertz CT molecular complexity index is 502. The zero-order valence-electron chi connectivity index (χ0n) is 11.6. The second-order valence-electron chi connectivity index (χ2n) is 5.12. The van der Waals surface area contributed by atoms with Crippen LogP contribution in [-0.4, -0.2) is 29.6 Å². The molecule has 0 saturated heterocycles. The summed E-state index contributed by atoms with van der Waals surface area (Å²) in [5, 5.41) is 14.9. The van der Waals surface area contributed by atoms with Gasteiger partial charge in [0.15, 0.2) is 0 Å². The summed E-state index contributed by atoms with van der Waals surface area (Å²) in [6.07, 6.45) is 1.50. The molecule has 0 aromatic heterocycles. The van der Waals surface area contributed by atoms with Gasteiger partial charge in [-0.25, -0.2) is 4.79 Å². The van der Waals surface area contributed by atoms with E-state index in [9.17, 15) is 9.59 Å². The van der Waals surface area contributed by atoms with Gasteiger partial charge in [0.1, 0.15) is 6.04 Å². The van der Waals surface area contributed by atoms with Gasteiger partial charge >= 0.3 is 5.97 Å². The minimum atomic E-state index is -0.967. The third-order valence-corrected chi connectivity index (χ3v) is 3.58. The van der Waals surface area contributed by atoms with Gasteiger partial charge in [-0.05, 0) is 18.1 Å². The second kappa shape index (κ2) is 6.41. The van der Waals surface area contributed by atoms with E-state index in [1.165, 1.54) is 0 Å². The molecule has 1 amide bonds. The second-order valence-corrected chi connectivity index (χ2v) is 5.12. The van der Waals surface area contributed by atoms with E-state index < -0.39 is 12.0 Å². The monoisotopic (exact) mass is 276 g/mol. The number of aliphatic carboxylic acids is 1. The van der Waals surface area contributed by atoms with E-state index in [0.717, 1.165) is 24.2 Å². The minimum absolute atomic E-state index is 0.113. The Balaban J connectivity index is 1.94. The number of rotatable bonds is 6. The number of carbonyl (C=O) groups excluding carboxylic acids is 1. The maximum absolute atomic E-state index is 12.0. The van der Waals surface area contributed by atoms with Crippen LogP contribution in [-0.2, 0) is 9.59 Å². The van der Waals surface area contributed by atoms with Crippen LogP contribution in [0.3, 0.4) is 0 Å². The smallest absolute Gasteiger partial charge is 0.326 e. The maximum atomic E-state index is 12.0. The molecule has 1 heterocycles. The third-order valence-electron chi connectivity index (χ3n) is 3.58. The van der Waals surface area contributed by atoms with Crippen LogP contribution in [0.1, 0.15) is 37.7 Å². The lowest BCUT2D eigenvalue weighted by Gasteiger charge is -2.15. The van der Waals surface area contributed by atoms with Gasteiger partial charge in [0.25, 0.3) is 0 Å². The lowest BCUT2D eigenvalue weighted by Crippen LogP contribution is -2.41. The molecule has 1 aliphatic rings. The number of fused-ring (bicyclic) bond motifs is 1. The number of nitrogens with one attached hydrogen (secondary N) is 2. The van der Waals surface area contributed by atoms with E-state index >= 15 is 0 Å². The average Bonchev–Trinajstić information content (AvgIpc) is 2.81. The first-order valence-corrected chi connectivity index (χ1v) is 6.96. The number of carboxylic acid groups (broad SMARTS) is 1. The molecule has 5 nitrogen and oxygen atoms in total. The molecule has 5 heteroatoms. The summed E-state index contributed by atoms with van der Waals surface area (Å²) in [7, 11) is 0. The van der Waals surface area contributed by atoms with E-state index in [1.54, 1.807) is 0 Å². The quantitative estimate of drug-likeness (QED) is 0.742. The van der Waals surface area contributed by atoms with Gasteiger partial charge < -0.3 is 15.7 Å². The highest BCUT2D eigenvalue weighted by atomic mass is 16.4. The van der Waals surface area contributed by atoms with Crippen LogP contribution in [0.2, 0.25) is 0 Å². The Labute approximate surface area is 118 Å². The summed E-state index contributed by atoms with van der Waals surface area (Å²) in [6.45, 7) is 2.62. The van der Waals surface area contributed by atoms with Crippen LogP contribution in [0.15, 0.2) is 24.3 Å². The fraction of sp³-hybridized carbons (Fsp3) is 0.467. The summed E-state index contributed by atoms with van der Waals surface area (Å²) in [4.78, 5) is 23.0. The van der Waals surface area contributed by atoms with E-state index in [0.29, 0.717) is 12.8 Å². The van der Waals surface area contributed by atoms with Crippen LogP contribution >= 0.6 is 0 Å². The SMILES string of the molecule is CCC[C@H](NC(=O)CC1CNc2ccccc21)C(=O)O. The molecule has 0 spiro atoms. The molecular formula is C15H20N2O3. The van der Waals surface area contributed by atoms with E-state index in [4.69, 9.17) is 5.11 Å². The Hall–Kier alpha value is -2.04. The molecule has 1 aromatic rings. The predicted molar refractivity (Wildman–Crippen MR) is 76.8 cm³/mol.